The largest absolute Gasteiger partial charge is 0.460 e. The molecular weight excluding hydrogens is 462 g/mol. The predicted molar refractivity (Wildman–Crippen MR) is 104 cm³/mol. The van der Waals surface area contributed by atoms with E-state index in [1.54, 1.807) is 0 Å². The highest BCUT2D eigenvalue weighted by Gasteiger charge is 2.42. The molecule has 0 saturated carbocycles. The predicted octanol–water partition coefficient (Wildman–Crippen LogP) is 5.72. The highest BCUT2D eigenvalue weighted by atomic mass is 32.2. The zero-order valence-corrected chi connectivity index (χ0v) is 17.2. The van der Waals surface area contributed by atoms with Gasteiger partial charge in [0.25, 0.3) is 0 Å². The Morgan fingerprint density at radius 2 is 1.31 bits per heavy atom. The molecule has 3 aromatic rings. The number of alkyl halides is 6. The summed E-state index contributed by atoms with van der Waals surface area (Å²) in [6, 6.07) is 6.78. The number of sulfone groups is 1. The highest BCUT2D eigenvalue weighted by Crippen LogP contribution is 2.46. The van der Waals surface area contributed by atoms with Gasteiger partial charge in [0.15, 0.2) is 15.3 Å². The molecule has 0 amide bonds. The fraction of sp³-hybridized carbons (Fsp3) is 0.190. The summed E-state index contributed by atoms with van der Waals surface area (Å²) in [6.07, 6.45) is -9.48. The smallest absolute Gasteiger partial charge is 0.417 e. The normalized spacial score (nSPS) is 12.8. The summed E-state index contributed by atoms with van der Waals surface area (Å²) in [7, 11) is -3.62. The average Bonchev–Trinajstić information content (AvgIpc) is 2.65. The van der Waals surface area contributed by atoms with Crippen LogP contribution >= 0.6 is 0 Å². The van der Waals surface area contributed by atoms with E-state index in [2.05, 4.69) is 0 Å². The first-order valence-electron chi connectivity index (χ1n) is 8.83. The fourth-order valence-corrected chi connectivity index (χ4v) is 3.83. The maximum absolute atomic E-state index is 13.7. The molecule has 170 valence electrons. The molecule has 0 unspecified atom stereocenters. The molecule has 11 heteroatoms. The van der Waals surface area contributed by atoms with Gasteiger partial charge in [-0.15, -0.1) is 0 Å². The van der Waals surface area contributed by atoms with Crippen LogP contribution in [0, 0.1) is 6.92 Å². The van der Waals surface area contributed by atoms with Gasteiger partial charge in [0.05, 0.1) is 21.6 Å². The second kappa shape index (κ2) is 7.80. The lowest BCUT2D eigenvalue weighted by atomic mass is 9.91. The first kappa shape index (κ1) is 23.6. The van der Waals surface area contributed by atoms with Crippen molar-refractivity contribution in [1.82, 2.24) is 0 Å². The maximum Gasteiger partial charge on any atom is 0.417 e. The van der Waals surface area contributed by atoms with E-state index in [4.69, 9.17) is 4.42 Å². The van der Waals surface area contributed by atoms with Gasteiger partial charge in [-0.1, -0.05) is 6.07 Å². The topological polar surface area (TPSA) is 64.3 Å². The number of benzene rings is 2. The van der Waals surface area contributed by atoms with E-state index in [-0.39, 0.29) is 16.2 Å². The molecule has 1 aromatic heterocycles. The molecule has 0 aliphatic heterocycles. The summed E-state index contributed by atoms with van der Waals surface area (Å²) < 4.78 is 111. The Balaban J connectivity index is 2.45. The zero-order valence-electron chi connectivity index (χ0n) is 16.4. The van der Waals surface area contributed by atoms with Crippen molar-refractivity contribution in [3.8, 4) is 22.5 Å². The molecule has 0 spiro atoms. The molecule has 32 heavy (non-hydrogen) atoms. The first-order valence-corrected chi connectivity index (χ1v) is 10.7. The van der Waals surface area contributed by atoms with Gasteiger partial charge in [0.1, 0.15) is 11.5 Å². The molecule has 0 N–H and O–H groups in total. The van der Waals surface area contributed by atoms with E-state index in [0.29, 0.717) is 18.2 Å². The van der Waals surface area contributed by atoms with E-state index < -0.39 is 55.6 Å². The maximum atomic E-state index is 13.7. The molecule has 1 heterocycles. The van der Waals surface area contributed by atoms with Crippen molar-refractivity contribution < 1.29 is 39.2 Å². The van der Waals surface area contributed by atoms with Crippen molar-refractivity contribution in [1.29, 1.82) is 0 Å². The van der Waals surface area contributed by atoms with Crippen LogP contribution in [0.15, 0.2) is 62.6 Å². The van der Waals surface area contributed by atoms with Gasteiger partial charge < -0.3 is 4.42 Å². The second-order valence-corrected chi connectivity index (χ2v) is 8.96. The molecule has 2 aromatic carbocycles. The van der Waals surface area contributed by atoms with Gasteiger partial charge in [0, 0.05) is 23.4 Å². The molecule has 0 saturated heterocycles. The van der Waals surface area contributed by atoms with Crippen LogP contribution < -0.4 is 5.43 Å². The Kier molecular flexibility index (Phi) is 5.75. The summed E-state index contributed by atoms with van der Waals surface area (Å²) in [5.41, 5.74) is -6.78. The monoisotopic (exact) mass is 476 g/mol. The van der Waals surface area contributed by atoms with E-state index in [1.807, 2.05) is 0 Å². The number of rotatable bonds is 3. The lowest BCUT2D eigenvalue weighted by Crippen LogP contribution is -2.18. The van der Waals surface area contributed by atoms with Crippen molar-refractivity contribution in [2.75, 3.05) is 6.26 Å². The SMILES string of the molecule is Cc1cc(=O)c(-c2c(C(F)(F)F)cccc2C(F)(F)F)c(-c2ccc(S(C)(=O)=O)cc2)o1. The molecule has 4 nitrogen and oxygen atoms in total. The van der Waals surface area contributed by atoms with Gasteiger partial charge >= 0.3 is 12.4 Å². The van der Waals surface area contributed by atoms with Crippen LogP contribution in [-0.4, -0.2) is 14.7 Å². The Labute approximate surface area is 178 Å². The van der Waals surface area contributed by atoms with Gasteiger partial charge in [-0.3, -0.25) is 4.79 Å². The van der Waals surface area contributed by atoms with Crippen molar-refractivity contribution in [3.05, 3.63) is 75.6 Å². The minimum Gasteiger partial charge on any atom is -0.460 e. The highest BCUT2D eigenvalue weighted by molar-refractivity contribution is 7.90. The summed E-state index contributed by atoms with van der Waals surface area (Å²) in [5, 5.41) is 0. The van der Waals surface area contributed by atoms with Crippen molar-refractivity contribution in [2.24, 2.45) is 0 Å². The van der Waals surface area contributed by atoms with E-state index in [9.17, 15) is 39.6 Å². The molecule has 0 radical (unpaired) electrons. The molecule has 0 fully saturated rings. The van der Waals surface area contributed by atoms with Gasteiger partial charge in [-0.05, 0) is 43.3 Å². The average molecular weight is 476 g/mol. The van der Waals surface area contributed by atoms with Crippen molar-refractivity contribution in [2.45, 2.75) is 24.2 Å². The molecule has 0 aliphatic rings. The Bertz CT molecular complexity index is 1300. The van der Waals surface area contributed by atoms with Gasteiger partial charge in [-0.25, -0.2) is 8.42 Å². The van der Waals surface area contributed by atoms with Gasteiger partial charge in [0.2, 0.25) is 0 Å². The summed E-state index contributed by atoms with van der Waals surface area (Å²) in [4.78, 5) is 12.6. The minimum atomic E-state index is -5.20. The third kappa shape index (κ3) is 4.57. The van der Waals surface area contributed by atoms with E-state index >= 15 is 0 Å². The van der Waals surface area contributed by atoms with Crippen LogP contribution in [0.3, 0.4) is 0 Å². The fourth-order valence-electron chi connectivity index (χ4n) is 3.20. The van der Waals surface area contributed by atoms with Gasteiger partial charge in [-0.2, -0.15) is 26.3 Å². The Morgan fingerprint density at radius 3 is 1.75 bits per heavy atom. The second-order valence-electron chi connectivity index (χ2n) is 6.95. The molecule has 0 bridgehead atoms. The number of halogens is 6. The Morgan fingerprint density at radius 1 is 0.812 bits per heavy atom. The summed E-state index contributed by atoms with van der Waals surface area (Å²) in [6.45, 7) is 1.31. The number of hydrogen-bond donors (Lipinski definition) is 0. The van der Waals surface area contributed by atoms with Crippen molar-refractivity contribution in [3.63, 3.8) is 0 Å². The molecule has 0 atom stereocenters. The van der Waals surface area contributed by atoms with Crippen LogP contribution in [0.1, 0.15) is 16.9 Å². The van der Waals surface area contributed by atoms with E-state index in [1.165, 1.54) is 6.92 Å². The molecule has 3 rings (SSSR count). The van der Waals surface area contributed by atoms with Crippen LogP contribution in [-0.2, 0) is 22.2 Å². The van der Waals surface area contributed by atoms with Crippen LogP contribution in [0.4, 0.5) is 26.3 Å². The lowest BCUT2D eigenvalue weighted by Gasteiger charge is -2.20. The minimum absolute atomic E-state index is 0.0565. The third-order valence-corrected chi connectivity index (χ3v) is 5.67. The molecule has 0 aliphatic carbocycles. The lowest BCUT2D eigenvalue weighted by molar-refractivity contribution is -0.142. The quantitative estimate of drug-likeness (QED) is 0.454. The Hall–Kier alpha value is -3.08. The zero-order chi connectivity index (χ0) is 24.1. The number of hydrogen-bond acceptors (Lipinski definition) is 4. The summed E-state index contributed by atoms with van der Waals surface area (Å²) in [5.74, 6) is -0.601. The van der Waals surface area contributed by atoms with Crippen LogP contribution in [0.5, 0.6) is 0 Å². The standard InChI is InChI=1S/C21H14F6O4S/c1-11-10-16(28)18(19(31-11)12-6-8-13(9-7-12)32(2,29)30)17-14(20(22,23)24)4-3-5-15(17)21(25,26)27/h3-10H,1-2H3. The summed E-state index contributed by atoms with van der Waals surface area (Å²) >= 11 is 0. The first-order chi connectivity index (χ1) is 14.6. The third-order valence-electron chi connectivity index (χ3n) is 4.54. The van der Waals surface area contributed by atoms with Crippen LogP contribution in [0.25, 0.3) is 22.5 Å². The number of aryl methyl sites for hydroxylation is 1. The molecular formula is C21H14F6O4S. The van der Waals surface area contributed by atoms with E-state index in [0.717, 1.165) is 36.6 Å². The van der Waals surface area contributed by atoms with Crippen LogP contribution in [0.2, 0.25) is 0 Å². The van der Waals surface area contributed by atoms with Crippen molar-refractivity contribution >= 4 is 9.84 Å².